The highest BCUT2D eigenvalue weighted by Crippen LogP contribution is 2.31. The molecule has 1 saturated heterocycles. The van der Waals surface area contributed by atoms with Gasteiger partial charge in [0, 0.05) is 0 Å². The molecular weight excluding hydrogens is 176 g/mol. The molecule has 0 atom stereocenters. The van der Waals surface area contributed by atoms with E-state index in [0.29, 0.717) is 11.7 Å². The third kappa shape index (κ3) is 1.38. The summed E-state index contributed by atoms with van der Waals surface area (Å²) in [4.78, 5) is 0. The normalized spacial score (nSPS) is 26.8. The van der Waals surface area contributed by atoms with E-state index in [1.165, 1.54) is 0 Å². The third-order valence-corrected chi connectivity index (χ3v) is 2.74. The number of hydrazine groups is 1. The standard InChI is InChI=1S/C6H12N4OS/c11-6(2-1-3-6)4-10-5(12)7-8-9-10/h8-9,11H,1-4H2,(H,7,12)/p+1. The number of hydrogen-bond acceptors (Lipinski definition) is 3. The second-order valence-electron chi connectivity index (χ2n) is 3.39. The van der Waals surface area contributed by atoms with Gasteiger partial charge in [0.1, 0.15) is 0 Å². The van der Waals surface area contributed by atoms with Crippen LogP contribution in [0.3, 0.4) is 0 Å². The van der Waals surface area contributed by atoms with E-state index in [1.54, 1.807) is 10.5 Å². The van der Waals surface area contributed by atoms with Crippen molar-refractivity contribution in [2.75, 3.05) is 6.54 Å². The fourth-order valence-corrected chi connectivity index (χ4v) is 1.64. The number of hydrogen-bond donors (Lipinski definition) is 4. The lowest BCUT2D eigenvalue weighted by molar-refractivity contribution is -0.750. The largest absolute Gasteiger partial charge is 0.388 e. The van der Waals surface area contributed by atoms with E-state index in [2.05, 4.69) is 11.0 Å². The van der Waals surface area contributed by atoms with E-state index in [1.807, 2.05) is 0 Å². The van der Waals surface area contributed by atoms with E-state index >= 15 is 0 Å². The molecule has 0 unspecified atom stereocenters. The lowest BCUT2D eigenvalue weighted by atomic mass is 9.80. The molecule has 12 heavy (non-hydrogen) atoms. The molecule has 1 aliphatic heterocycles. The fourth-order valence-electron chi connectivity index (χ4n) is 1.46. The van der Waals surface area contributed by atoms with Crippen molar-refractivity contribution in [3.8, 4) is 0 Å². The van der Waals surface area contributed by atoms with Crippen molar-refractivity contribution in [3.05, 3.63) is 0 Å². The number of aliphatic hydroxyl groups is 1. The molecule has 1 aliphatic carbocycles. The predicted octanol–water partition coefficient (Wildman–Crippen LogP) is -2.01. The van der Waals surface area contributed by atoms with Gasteiger partial charge in [-0.15, -0.1) is 0 Å². The smallest absolute Gasteiger partial charge is 0.236 e. The second kappa shape index (κ2) is 2.81. The van der Waals surface area contributed by atoms with Crippen LogP contribution in [-0.2, 0) is 0 Å². The first-order chi connectivity index (χ1) is 5.70. The van der Waals surface area contributed by atoms with Gasteiger partial charge in [0.2, 0.25) is 5.11 Å². The Hall–Kier alpha value is -0.430. The molecule has 1 heterocycles. The molecule has 2 rings (SSSR count). The molecule has 0 spiro atoms. The van der Waals surface area contributed by atoms with Crippen molar-refractivity contribution >= 4 is 17.3 Å². The van der Waals surface area contributed by atoms with E-state index in [-0.39, 0.29) is 0 Å². The fraction of sp³-hybridized carbons (Fsp3) is 0.833. The zero-order valence-corrected chi connectivity index (χ0v) is 7.52. The minimum absolute atomic E-state index is 0.517. The van der Waals surface area contributed by atoms with Crippen molar-refractivity contribution in [2.24, 2.45) is 0 Å². The van der Waals surface area contributed by atoms with Crippen LogP contribution in [0.1, 0.15) is 19.3 Å². The number of nitrogens with two attached hydrogens (primary N) is 1. The molecule has 5 nitrogen and oxygen atoms in total. The highest BCUT2D eigenvalue weighted by Gasteiger charge is 2.38. The van der Waals surface area contributed by atoms with Crippen molar-refractivity contribution < 1.29 is 10.6 Å². The average Bonchev–Trinajstić information content (AvgIpc) is 2.34. The molecule has 0 amide bonds. The highest BCUT2D eigenvalue weighted by atomic mass is 32.1. The molecule has 5 N–H and O–H groups in total. The Morgan fingerprint density at radius 1 is 1.67 bits per heavy atom. The summed E-state index contributed by atoms with van der Waals surface area (Å²) < 4.78 is 0. The Kier molecular flexibility index (Phi) is 1.91. The Morgan fingerprint density at radius 2 is 2.42 bits per heavy atom. The van der Waals surface area contributed by atoms with Gasteiger partial charge >= 0.3 is 0 Å². The van der Waals surface area contributed by atoms with Crippen molar-refractivity contribution in [1.82, 2.24) is 16.0 Å². The first-order valence-corrected chi connectivity index (χ1v) is 4.49. The van der Waals surface area contributed by atoms with Gasteiger partial charge in [0.05, 0.1) is 12.1 Å². The minimum atomic E-state index is -0.517. The summed E-state index contributed by atoms with van der Waals surface area (Å²) in [6.07, 6.45) is 2.88. The molecule has 0 radical (unpaired) electrons. The number of quaternary nitrogens is 1. The van der Waals surface area contributed by atoms with Crippen molar-refractivity contribution in [1.29, 1.82) is 0 Å². The highest BCUT2D eigenvalue weighted by molar-refractivity contribution is 7.80. The molecule has 6 heteroatoms. The summed E-state index contributed by atoms with van der Waals surface area (Å²) in [6, 6.07) is 0. The van der Waals surface area contributed by atoms with Gasteiger partial charge in [-0.25, -0.2) is 5.01 Å². The van der Waals surface area contributed by atoms with Crippen LogP contribution in [0.5, 0.6) is 0 Å². The topological polar surface area (TPSA) is 64.1 Å². The number of rotatable bonds is 2. The second-order valence-corrected chi connectivity index (χ2v) is 3.77. The molecule has 2 aliphatic rings. The van der Waals surface area contributed by atoms with Gasteiger partial charge in [-0.3, -0.25) is 0 Å². The van der Waals surface area contributed by atoms with Crippen LogP contribution < -0.4 is 16.5 Å². The van der Waals surface area contributed by atoms with Crippen LogP contribution in [0.2, 0.25) is 0 Å². The predicted molar refractivity (Wildman–Crippen MR) is 46.3 cm³/mol. The zero-order valence-electron chi connectivity index (χ0n) is 6.71. The average molecular weight is 189 g/mol. The Bertz CT molecular complexity index is 206. The van der Waals surface area contributed by atoms with Crippen molar-refractivity contribution in [3.63, 3.8) is 0 Å². The van der Waals surface area contributed by atoms with Crippen LogP contribution in [-0.4, -0.2) is 27.4 Å². The molecule has 68 valence electrons. The zero-order chi connectivity index (χ0) is 8.60. The van der Waals surface area contributed by atoms with Gasteiger partial charge in [-0.05, 0) is 31.5 Å². The Labute approximate surface area is 76.0 Å². The maximum atomic E-state index is 9.81. The Balaban J connectivity index is 1.89. The molecule has 0 aromatic rings. The lowest BCUT2D eigenvalue weighted by Gasteiger charge is -2.38. The monoisotopic (exact) mass is 189 g/mol. The van der Waals surface area contributed by atoms with Crippen LogP contribution in [0, 0.1) is 0 Å². The van der Waals surface area contributed by atoms with Crippen LogP contribution >= 0.6 is 12.2 Å². The van der Waals surface area contributed by atoms with E-state index < -0.39 is 5.60 Å². The summed E-state index contributed by atoms with van der Waals surface area (Å²) in [6.45, 7) is 0.579. The molecule has 1 saturated carbocycles. The maximum Gasteiger partial charge on any atom is 0.236 e. The first kappa shape index (κ1) is 8.18. The van der Waals surface area contributed by atoms with E-state index in [4.69, 9.17) is 12.2 Å². The number of nitrogens with zero attached hydrogens (tertiary/aromatic N) is 1. The van der Waals surface area contributed by atoms with Gasteiger partial charge in [0.15, 0.2) is 0 Å². The summed E-state index contributed by atoms with van der Waals surface area (Å²) in [7, 11) is 0. The van der Waals surface area contributed by atoms with Gasteiger partial charge in [-0.1, -0.05) is 5.53 Å². The molecule has 0 aromatic heterocycles. The SMILES string of the molecule is OC1(CN2N[NH2+]NC2=S)CCC1. The number of β-amino-alcohol motifs (C(OH)–C–C–N with tert-alkyl or cyclic N) is 1. The summed E-state index contributed by atoms with van der Waals surface area (Å²) in [5.74, 6) is 0. The number of nitrogens with one attached hydrogen (secondary N) is 2. The lowest BCUT2D eigenvalue weighted by Crippen LogP contribution is -2.97. The molecule has 0 aromatic carbocycles. The molecule has 0 bridgehead atoms. The van der Waals surface area contributed by atoms with Crippen LogP contribution in [0.15, 0.2) is 0 Å². The van der Waals surface area contributed by atoms with E-state index in [9.17, 15) is 5.11 Å². The van der Waals surface area contributed by atoms with Crippen LogP contribution in [0.25, 0.3) is 0 Å². The molecular formula is C6H13N4OS+. The quantitative estimate of drug-likeness (QED) is 0.299. The summed E-state index contributed by atoms with van der Waals surface area (Å²) >= 11 is 4.99. The maximum absolute atomic E-state index is 9.81. The number of thiocarbonyl (C=S) groups is 1. The van der Waals surface area contributed by atoms with Gasteiger partial charge in [0.25, 0.3) is 0 Å². The summed E-state index contributed by atoms with van der Waals surface area (Å²) in [5, 5.41) is 12.2. The minimum Gasteiger partial charge on any atom is -0.388 e. The Morgan fingerprint density at radius 3 is 2.83 bits per heavy atom. The van der Waals surface area contributed by atoms with E-state index in [0.717, 1.165) is 19.3 Å². The first-order valence-electron chi connectivity index (χ1n) is 4.08. The van der Waals surface area contributed by atoms with Gasteiger partial charge in [-0.2, -0.15) is 11.0 Å². The molecule has 2 fully saturated rings. The van der Waals surface area contributed by atoms with Crippen molar-refractivity contribution in [2.45, 2.75) is 24.9 Å². The third-order valence-electron chi connectivity index (χ3n) is 2.40. The van der Waals surface area contributed by atoms with Crippen LogP contribution in [0.4, 0.5) is 0 Å². The van der Waals surface area contributed by atoms with Gasteiger partial charge < -0.3 is 5.11 Å². The summed E-state index contributed by atoms with van der Waals surface area (Å²) in [5.41, 5.74) is 6.93.